The van der Waals surface area contributed by atoms with Crippen LogP contribution >= 0.6 is 11.3 Å². The Hall–Kier alpha value is -2.67. The topological polar surface area (TPSA) is 76.7 Å². The quantitative estimate of drug-likeness (QED) is 0.307. The van der Waals surface area contributed by atoms with Crippen molar-refractivity contribution in [2.45, 2.75) is 33.7 Å². The number of aromatic nitrogens is 2. The molecule has 1 N–H and O–H groups in total. The van der Waals surface area contributed by atoms with Gasteiger partial charge in [0.1, 0.15) is 9.88 Å². The lowest BCUT2D eigenvalue weighted by atomic mass is 10.1. The SMILES string of the molecule is CCOC(=O)c1sc(-c2ccc3c(c2)c(/C=N\O)cn3C(C)C)nc1C. The minimum absolute atomic E-state index is 0.279. The van der Waals surface area contributed by atoms with Crippen LogP contribution < -0.4 is 0 Å². The Kier molecular flexibility index (Phi) is 5.08. The molecule has 7 heteroatoms. The van der Waals surface area contributed by atoms with E-state index in [4.69, 9.17) is 9.94 Å². The molecule has 136 valence electrons. The Balaban J connectivity index is 2.11. The smallest absolute Gasteiger partial charge is 0.350 e. The molecule has 0 amide bonds. The lowest BCUT2D eigenvalue weighted by Gasteiger charge is -2.09. The largest absolute Gasteiger partial charge is 0.462 e. The molecule has 0 aliphatic rings. The molecule has 0 saturated carbocycles. The number of rotatable bonds is 5. The zero-order valence-electron chi connectivity index (χ0n) is 15.2. The van der Waals surface area contributed by atoms with E-state index in [0.717, 1.165) is 27.0 Å². The first-order valence-corrected chi connectivity index (χ1v) is 9.24. The van der Waals surface area contributed by atoms with Gasteiger partial charge in [0.2, 0.25) is 0 Å². The molecule has 2 aromatic heterocycles. The van der Waals surface area contributed by atoms with Gasteiger partial charge in [0.05, 0.1) is 18.5 Å². The summed E-state index contributed by atoms with van der Waals surface area (Å²) in [5.74, 6) is -0.339. The fraction of sp³-hybridized carbons (Fsp3) is 0.316. The van der Waals surface area contributed by atoms with Crippen LogP contribution in [0.5, 0.6) is 0 Å². The molecule has 3 rings (SSSR count). The fourth-order valence-electron chi connectivity index (χ4n) is 2.91. The third-order valence-electron chi connectivity index (χ3n) is 4.12. The number of thiazole rings is 1. The van der Waals surface area contributed by atoms with Crippen LogP contribution in [-0.4, -0.2) is 33.5 Å². The molecule has 0 aliphatic carbocycles. The van der Waals surface area contributed by atoms with E-state index in [-0.39, 0.29) is 12.0 Å². The van der Waals surface area contributed by atoms with Crippen molar-refractivity contribution in [3.63, 3.8) is 0 Å². The van der Waals surface area contributed by atoms with E-state index in [2.05, 4.69) is 28.6 Å². The average Bonchev–Trinajstić information content (AvgIpc) is 3.16. The van der Waals surface area contributed by atoms with Crippen molar-refractivity contribution in [1.29, 1.82) is 0 Å². The summed E-state index contributed by atoms with van der Waals surface area (Å²) in [4.78, 5) is 17.1. The van der Waals surface area contributed by atoms with Crippen LogP contribution in [0.25, 0.3) is 21.5 Å². The van der Waals surface area contributed by atoms with Crippen molar-refractivity contribution in [3.05, 3.63) is 40.5 Å². The molecule has 2 heterocycles. The summed E-state index contributed by atoms with van der Waals surface area (Å²) >= 11 is 1.33. The molecule has 26 heavy (non-hydrogen) atoms. The maximum atomic E-state index is 12.0. The first kappa shape index (κ1) is 18.1. The van der Waals surface area contributed by atoms with Crippen LogP contribution in [0.2, 0.25) is 0 Å². The van der Waals surface area contributed by atoms with Crippen LogP contribution in [0, 0.1) is 6.92 Å². The van der Waals surface area contributed by atoms with Gasteiger partial charge < -0.3 is 14.5 Å². The van der Waals surface area contributed by atoms with Crippen LogP contribution in [0.3, 0.4) is 0 Å². The Morgan fingerprint density at radius 1 is 1.46 bits per heavy atom. The molecule has 3 aromatic rings. The summed E-state index contributed by atoms with van der Waals surface area (Å²) in [6.45, 7) is 8.13. The van der Waals surface area contributed by atoms with Gasteiger partial charge in [-0.25, -0.2) is 9.78 Å². The van der Waals surface area contributed by atoms with E-state index in [1.54, 1.807) is 6.92 Å². The zero-order valence-corrected chi connectivity index (χ0v) is 16.0. The summed E-state index contributed by atoms with van der Waals surface area (Å²) in [7, 11) is 0. The molecular formula is C19H21N3O3S. The number of carbonyl (C=O) groups excluding carboxylic acids is 1. The van der Waals surface area contributed by atoms with Crippen molar-refractivity contribution < 1.29 is 14.7 Å². The highest BCUT2D eigenvalue weighted by atomic mass is 32.1. The van der Waals surface area contributed by atoms with Crippen molar-refractivity contribution in [2.75, 3.05) is 6.61 Å². The molecule has 6 nitrogen and oxygen atoms in total. The van der Waals surface area contributed by atoms with Gasteiger partial charge in [-0.15, -0.1) is 11.3 Å². The molecule has 0 saturated heterocycles. The minimum Gasteiger partial charge on any atom is -0.462 e. The molecule has 0 unspecified atom stereocenters. The summed E-state index contributed by atoms with van der Waals surface area (Å²) in [5.41, 5.74) is 3.46. The highest BCUT2D eigenvalue weighted by molar-refractivity contribution is 7.17. The Morgan fingerprint density at radius 2 is 2.23 bits per heavy atom. The number of benzene rings is 1. The summed E-state index contributed by atoms with van der Waals surface area (Å²) in [6.07, 6.45) is 3.40. The van der Waals surface area contributed by atoms with Crippen molar-refractivity contribution >= 4 is 34.4 Å². The summed E-state index contributed by atoms with van der Waals surface area (Å²) in [5, 5.41) is 13.9. The summed E-state index contributed by atoms with van der Waals surface area (Å²) in [6, 6.07) is 6.31. The van der Waals surface area contributed by atoms with E-state index in [1.165, 1.54) is 17.6 Å². The van der Waals surface area contributed by atoms with Gasteiger partial charge >= 0.3 is 5.97 Å². The Bertz CT molecular complexity index is 985. The van der Waals surface area contributed by atoms with E-state index in [9.17, 15) is 4.79 Å². The maximum Gasteiger partial charge on any atom is 0.350 e. The number of hydrogen-bond donors (Lipinski definition) is 1. The van der Waals surface area contributed by atoms with Gasteiger partial charge in [0.25, 0.3) is 0 Å². The van der Waals surface area contributed by atoms with Gasteiger partial charge in [0, 0.05) is 34.3 Å². The number of carbonyl (C=O) groups is 1. The predicted molar refractivity (Wildman–Crippen MR) is 104 cm³/mol. The lowest BCUT2D eigenvalue weighted by molar-refractivity contribution is 0.0531. The number of esters is 1. The van der Waals surface area contributed by atoms with Crippen LogP contribution in [-0.2, 0) is 4.74 Å². The fourth-order valence-corrected chi connectivity index (χ4v) is 3.87. The Labute approximate surface area is 155 Å². The van der Waals surface area contributed by atoms with Crippen LogP contribution in [0.1, 0.15) is 47.7 Å². The van der Waals surface area contributed by atoms with Gasteiger partial charge in [-0.3, -0.25) is 0 Å². The minimum atomic E-state index is -0.339. The van der Waals surface area contributed by atoms with Crippen LogP contribution in [0.15, 0.2) is 29.6 Å². The third-order valence-corrected chi connectivity index (χ3v) is 5.31. The van der Waals surface area contributed by atoms with E-state index >= 15 is 0 Å². The predicted octanol–water partition coefficient (Wildman–Crippen LogP) is 4.64. The van der Waals surface area contributed by atoms with Gasteiger partial charge in [-0.2, -0.15) is 0 Å². The highest BCUT2D eigenvalue weighted by Gasteiger charge is 2.18. The van der Waals surface area contributed by atoms with Crippen LogP contribution in [0.4, 0.5) is 0 Å². The van der Waals surface area contributed by atoms with Gasteiger partial charge in [-0.1, -0.05) is 5.16 Å². The molecule has 0 bridgehead atoms. The lowest BCUT2D eigenvalue weighted by Crippen LogP contribution is -2.03. The summed E-state index contributed by atoms with van der Waals surface area (Å²) < 4.78 is 7.22. The van der Waals surface area contributed by atoms with E-state index in [1.807, 2.05) is 31.3 Å². The molecule has 1 aromatic carbocycles. The van der Waals surface area contributed by atoms with E-state index < -0.39 is 0 Å². The first-order valence-electron chi connectivity index (χ1n) is 8.43. The average molecular weight is 371 g/mol. The van der Waals surface area contributed by atoms with Crippen molar-refractivity contribution in [3.8, 4) is 10.6 Å². The second-order valence-corrected chi connectivity index (χ2v) is 7.22. The molecule has 0 atom stereocenters. The molecule has 0 fully saturated rings. The molecule has 0 spiro atoms. The normalized spacial score (nSPS) is 11.7. The number of nitrogens with zero attached hydrogens (tertiary/aromatic N) is 3. The standard InChI is InChI=1S/C19H21N3O3S/c1-5-25-19(23)17-12(4)21-18(26-17)13-6-7-16-15(8-13)14(9-20-24)10-22(16)11(2)3/h6-11,24H,5H2,1-4H3/b20-9-. The molecule has 0 radical (unpaired) electrons. The van der Waals surface area contributed by atoms with E-state index in [0.29, 0.717) is 17.2 Å². The van der Waals surface area contributed by atoms with Gasteiger partial charge in [-0.05, 0) is 45.9 Å². The maximum absolute atomic E-state index is 12.0. The second kappa shape index (κ2) is 7.29. The number of aryl methyl sites for hydroxylation is 1. The van der Waals surface area contributed by atoms with Crippen molar-refractivity contribution in [2.24, 2.45) is 5.16 Å². The number of oxime groups is 1. The second-order valence-electron chi connectivity index (χ2n) is 6.22. The number of fused-ring (bicyclic) bond motifs is 1. The zero-order chi connectivity index (χ0) is 18.8. The highest BCUT2D eigenvalue weighted by Crippen LogP contribution is 2.33. The number of ether oxygens (including phenoxy) is 1. The monoisotopic (exact) mass is 371 g/mol. The molecular weight excluding hydrogens is 350 g/mol. The Morgan fingerprint density at radius 3 is 2.88 bits per heavy atom. The first-order chi connectivity index (χ1) is 12.5. The van der Waals surface area contributed by atoms with Gasteiger partial charge in [0.15, 0.2) is 0 Å². The molecule has 0 aliphatic heterocycles. The third kappa shape index (κ3) is 3.22. The number of hydrogen-bond acceptors (Lipinski definition) is 6. The van der Waals surface area contributed by atoms with Crippen molar-refractivity contribution in [1.82, 2.24) is 9.55 Å².